The van der Waals surface area contributed by atoms with Gasteiger partial charge >= 0.3 is 0 Å². The number of anilines is 1. The maximum Gasteiger partial charge on any atom is 0.129 e. The number of aromatic nitrogens is 1. The third-order valence-corrected chi connectivity index (χ3v) is 3.26. The molecule has 18 heavy (non-hydrogen) atoms. The molecule has 0 bridgehead atoms. The summed E-state index contributed by atoms with van der Waals surface area (Å²) >= 11 is 6.20. The average Bonchev–Trinajstić information content (AvgIpc) is 2.39. The maximum atomic E-state index is 6.20. The molecule has 2 rings (SSSR count). The molecule has 3 nitrogen and oxygen atoms in total. The van der Waals surface area contributed by atoms with Crippen LogP contribution in [-0.4, -0.2) is 19.1 Å². The van der Waals surface area contributed by atoms with E-state index in [1.165, 1.54) is 5.56 Å². The highest BCUT2D eigenvalue weighted by Crippen LogP contribution is 2.33. The van der Waals surface area contributed by atoms with Gasteiger partial charge in [-0.25, -0.2) is 4.98 Å². The number of pyridine rings is 1. The lowest BCUT2D eigenvalue weighted by Crippen LogP contribution is -2.00. The summed E-state index contributed by atoms with van der Waals surface area (Å²) in [5.41, 5.74) is 1.97. The number of rotatable bonds is 4. The molecular weight excluding hydrogens is 248 g/mol. The van der Waals surface area contributed by atoms with Crippen molar-refractivity contribution in [2.75, 3.05) is 19.5 Å². The van der Waals surface area contributed by atoms with E-state index in [-0.39, 0.29) is 0 Å². The number of nitrogens with zero attached hydrogens (tertiary/aromatic N) is 1. The van der Waals surface area contributed by atoms with Crippen molar-refractivity contribution in [1.82, 2.24) is 4.98 Å². The summed E-state index contributed by atoms with van der Waals surface area (Å²) in [6, 6.07) is 5.80. The Kier molecular flexibility index (Phi) is 3.92. The molecule has 1 aromatic heterocycles. The topological polar surface area (TPSA) is 34.1 Å². The van der Waals surface area contributed by atoms with Crippen molar-refractivity contribution in [1.29, 1.82) is 0 Å². The van der Waals surface area contributed by atoms with Crippen LogP contribution in [0.3, 0.4) is 0 Å². The predicted molar refractivity (Wildman–Crippen MR) is 76.8 cm³/mol. The number of halogens is 1. The van der Waals surface area contributed by atoms with Crippen molar-refractivity contribution in [3.05, 3.63) is 28.8 Å². The molecule has 0 amide bonds. The Balaban J connectivity index is 2.73. The molecule has 0 aliphatic heterocycles. The predicted octanol–water partition coefficient (Wildman–Crippen LogP) is 3.89. The standard InChI is InChI=1S/C14H17ClN2O/c1-4-5-9-8-10-12(18-3)7-6-11(15)13(10)17-14(9)16-2/h6-8H,4-5H2,1-3H3,(H,16,17). The van der Waals surface area contributed by atoms with E-state index in [0.717, 1.165) is 35.3 Å². The Labute approximate surface area is 112 Å². The Hall–Kier alpha value is -1.48. The second kappa shape index (κ2) is 5.44. The molecule has 0 unspecified atom stereocenters. The number of hydrogen-bond acceptors (Lipinski definition) is 3. The number of benzene rings is 1. The minimum atomic E-state index is 0.644. The minimum absolute atomic E-state index is 0.644. The van der Waals surface area contributed by atoms with E-state index in [1.807, 2.05) is 19.2 Å². The lowest BCUT2D eigenvalue weighted by Gasteiger charge is -2.12. The van der Waals surface area contributed by atoms with Crippen molar-refractivity contribution in [3.63, 3.8) is 0 Å². The summed E-state index contributed by atoms with van der Waals surface area (Å²) in [5.74, 6) is 1.70. The van der Waals surface area contributed by atoms with Gasteiger partial charge in [-0.05, 0) is 30.2 Å². The van der Waals surface area contributed by atoms with Crippen molar-refractivity contribution < 1.29 is 4.74 Å². The quantitative estimate of drug-likeness (QED) is 0.910. The number of aryl methyl sites for hydroxylation is 1. The van der Waals surface area contributed by atoms with E-state index >= 15 is 0 Å². The van der Waals surface area contributed by atoms with Gasteiger partial charge in [0.15, 0.2) is 0 Å². The maximum absolute atomic E-state index is 6.20. The summed E-state index contributed by atoms with van der Waals surface area (Å²) in [6.07, 6.45) is 2.06. The van der Waals surface area contributed by atoms with E-state index in [2.05, 4.69) is 23.3 Å². The molecule has 0 aliphatic carbocycles. The van der Waals surface area contributed by atoms with Gasteiger partial charge in [-0.2, -0.15) is 0 Å². The van der Waals surface area contributed by atoms with Crippen molar-refractivity contribution in [2.45, 2.75) is 19.8 Å². The molecule has 1 aromatic carbocycles. The van der Waals surface area contributed by atoms with Gasteiger partial charge in [0.2, 0.25) is 0 Å². The molecule has 0 spiro atoms. The molecule has 0 saturated heterocycles. The first kappa shape index (κ1) is 13.0. The molecule has 96 valence electrons. The van der Waals surface area contributed by atoms with E-state index in [1.54, 1.807) is 7.11 Å². The largest absolute Gasteiger partial charge is 0.496 e. The van der Waals surface area contributed by atoms with Gasteiger partial charge in [-0.1, -0.05) is 24.9 Å². The Morgan fingerprint density at radius 3 is 2.78 bits per heavy atom. The van der Waals surface area contributed by atoms with Gasteiger partial charge in [0.1, 0.15) is 11.6 Å². The van der Waals surface area contributed by atoms with Gasteiger partial charge in [-0.15, -0.1) is 0 Å². The van der Waals surface area contributed by atoms with Crippen LogP contribution in [0.1, 0.15) is 18.9 Å². The third-order valence-electron chi connectivity index (χ3n) is 2.95. The Morgan fingerprint density at radius 1 is 1.39 bits per heavy atom. The van der Waals surface area contributed by atoms with Gasteiger partial charge in [0.25, 0.3) is 0 Å². The Bertz CT molecular complexity index is 569. The monoisotopic (exact) mass is 264 g/mol. The highest BCUT2D eigenvalue weighted by molar-refractivity contribution is 6.35. The van der Waals surface area contributed by atoms with Crippen molar-refractivity contribution in [3.8, 4) is 5.75 Å². The van der Waals surface area contributed by atoms with Gasteiger partial charge < -0.3 is 10.1 Å². The van der Waals surface area contributed by atoms with E-state index in [9.17, 15) is 0 Å². The summed E-state index contributed by atoms with van der Waals surface area (Å²) in [7, 11) is 3.54. The second-order valence-corrected chi connectivity index (χ2v) is 4.55. The normalized spacial score (nSPS) is 10.7. The number of ether oxygens (including phenoxy) is 1. The first-order chi connectivity index (χ1) is 8.71. The van der Waals surface area contributed by atoms with Crippen LogP contribution in [0.2, 0.25) is 5.02 Å². The van der Waals surface area contributed by atoms with Crippen LogP contribution in [-0.2, 0) is 6.42 Å². The summed E-state index contributed by atoms with van der Waals surface area (Å²) in [5, 5.41) is 4.74. The fourth-order valence-corrected chi connectivity index (χ4v) is 2.30. The van der Waals surface area contributed by atoms with Crippen LogP contribution in [0.25, 0.3) is 10.9 Å². The fourth-order valence-electron chi connectivity index (χ4n) is 2.10. The number of methoxy groups -OCH3 is 1. The zero-order chi connectivity index (χ0) is 13.1. The highest BCUT2D eigenvalue weighted by Gasteiger charge is 2.11. The fraction of sp³-hybridized carbons (Fsp3) is 0.357. The molecular formula is C14H17ClN2O. The number of nitrogens with one attached hydrogen (secondary N) is 1. The zero-order valence-electron chi connectivity index (χ0n) is 10.9. The van der Waals surface area contributed by atoms with Crippen LogP contribution in [0.4, 0.5) is 5.82 Å². The molecule has 1 N–H and O–H groups in total. The molecule has 0 fully saturated rings. The zero-order valence-corrected chi connectivity index (χ0v) is 11.6. The molecule has 0 atom stereocenters. The lowest BCUT2D eigenvalue weighted by atomic mass is 10.1. The number of hydrogen-bond donors (Lipinski definition) is 1. The number of fused-ring (bicyclic) bond motifs is 1. The smallest absolute Gasteiger partial charge is 0.129 e. The lowest BCUT2D eigenvalue weighted by molar-refractivity contribution is 0.419. The van der Waals surface area contributed by atoms with Crippen LogP contribution in [0, 0.1) is 0 Å². The molecule has 1 heterocycles. The third kappa shape index (κ3) is 2.23. The van der Waals surface area contributed by atoms with E-state index in [4.69, 9.17) is 16.3 Å². The molecule has 0 aliphatic rings. The van der Waals surface area contributed by atoms with Crippen LogP contribution >= 0.6 is 11.6 Å². The highest BCUT2D eigenvalue weighted by atomic mass is 35.5. The van der Waals surface area contributed by atoms with Gasteiger partial charge in [0, 0.05) is 12.4 Å². The summed E-state index contributed by atoms with van der Waals surface area (Å²) in [4.78, 5) is 4.60. The summed E-state index contributed by atoms with van der Waals surface area (Å²) < 4.78 is 5.37. The van der Waals surface area contributed by atoms with E-state index in [0.29, 0.717) is 5.02 Å². The van der Waals surface area contributed by atoms with Crippen molar-refractivity contribution >= 4 is 28.3 Å². The van der Waals surface area contributed by atoms with Crippen LogP contribution in [0.5, 0.6) is 5.75 Å². The average molecular weight is 265 g/mol. The first-order valence-corrected chi connectivity index (χ1v) is 6.43. The molecule has 2 aromatic rings. The molecule has 0 saturated carbocycles. The molecule has 4 heteroatoms. The second-order valence-electron chi connectivity index (χ2n) is 4.14. The SMILES string of the molecule is CCCc1cc2c(OC)ccc(Cl)c2nc1NC. The Morgan fingerprint density at radius 2 is 2.17 bits per heavy atom. The van der Waals surface area contributed by atoms with Crippen LogP contribution in [0.15, 0.2) is 18.2 Å². The molecule has 0 radical (unpaired) electrons. The van der Waals surface area contributed by atoms with Crippen molar-refractivity contribution in [2.24, 2.45) is 0 Å². The van der Waals surface area contributed by atoms with Crippen LogP contribution < -0.4 is 10.1 Å². The first-order valence-electron chi connectivity index (χ1n) is 6.05. The minimum Gasteiger partial charge on any atom is -0.496 e. The summed E-state index contributed by atoms with van der Waals surface area (Å²) in [6.45, 7) is 2.15. The van der Waals surface area contributed by atoms with E-state index < -0.39 is 0 Å². The van der Waals surface area contributed by atoms with Gasteiger partial charge in [0.05, 0.1) is 17.6 Å². The van der Waals surface area contributed by atoms with Gasteiger partial charge in [-0.3, -0.25) is 0 Å².